The Morgan fingerprint density at radius 2 is 2.12 bits per heavy atom. The zero-order chi connectivity index (χ0) is 13.1. The Morgan fingerprint density at radius 1 is 1.41 bits per heavy atom. The molecule has 0 spiro atoms. The van der Waals surface area contributed by atoms with E-state index in [1.54, 1.807) is 7.11 Å². The van der Waals surface area contributed by atoms with Crippen molar-refractivity contribution >= 4 is 21.8 Å². The highest BCUT2D eigenvalue weighted by Crippen LogP contribution is 2.03. The van der Waals surface area contributed by atoms with Crippen LogP contribution in [0.1, 0.15) is 12.8 Å². The number of hydrogen-bond acceptors (Lipinski definition) is 3. The summed E-state index contributed by atoms with van der Waals surface area (Å²) >= 11 is 3.38. The molecule has 0 heterocycles. The van der Waals surface area contributed by atoms with Crippen LogP contribution in [0.4, 0.5) is 8.78 Å². The first-order chi connectivity index (χ1) is 8.06. The molecule has 0 bridgehead atoms. The summed E-state index contributed by atoms with van der Waals surface area (Å²) in [5.74, 6) is -0.198. The van der Waals surface area contributed by atoms with Crippen molar-refractivity contribution < 1.29 is 23.0 Å². The minimum Gasteiger partial charge on any atom is -0.384 e. The molecule has 0 aliphatic heterocycles. The molecule has 0 aromatic carbocycles. The van der Waals surface area contributed by atoms with Gasteiger partial charge in [0.2, 0.25) is 5.91 Å². The summed E-state index contributed by atoms with van der Waals surface area (Å²) < 4.78 is 32.9. The van der Waals surface area contributed by atoms with E-state index in [9.17, 15) is 13.6 Å². The highest BCUT2D eigenvalue weighted by Gasteiger charge is 2.06. The topological polar surface area (TPSA) is 47.6 Å². The number of nitrogens with one attached hydrogen (secondary N) is 1. The number of amides is 1. The minimum absolute atomic E-state index is 0.0198. The lowest BCUT2D eigenvalue weighted by Gasteiger charge is -2.09. The molecule has 17 heavy (non-hydrogen) atoms. The molecule has 0 fully saturated rings. The summed E-state index contributed by atoms with van der Waals surface area (Å²) in [6, 6.07) is 0. The number of hydrogen-bond donors (Lipinski definition) is 1. The van der Waals surface area contributed by atoms with Crippen molar-refractivity contribution in [1.29, 1.82) is 0 Å². The monoisotopic (exact) mass is 317 g/mol. The Morgan fingerprint density at radius 3 is 2.71 bits per heavy atom. The quantitative estimate of drug-likeness (QED) is 0.491. The maximum atomic E-state index is 11.7. The summed E-state index contributed by atoms with van der Waals surface area (Å²) in [5, 5.41) is 2.67. The van der Waals surface area contributed by atoms with Gasteiger partial charge in [-0.2, -0.15) is 0 Å². The molecule has 7 heteroatoms. The zero-order valence-electron chi connectivity index (χ0n) is 9.76. The predicted octanol–water partition coefficient (Wildman–Crippen LogP) is 1.57. The molecule has 0 radical (unpaired) electrons. The summed E-state index contributed by atoms with van der Waals surface area (Å²) in [6.45, 7) is 0.497. The lowest BCUT2D eigenvalue weighted by molar-refractivity contribution is -0.122. The van der Waals surface area contributed by atoms with Crippen molar-refractivity contribution in [2.45, 2.75) is 24.1 Å². The van der Waals surface area contributed by atoms with E-state index >= 15 is 0 Å². The van der Waals surface area contributed by atoms with Crippen molar-refractivity contribution in [3.63, 3.8) is 0 Å². The zero-order valence-corrected chi connectivity index (χ0v) is 11.3. The molecule has 1 atom stereocenters. The van der Waals surface area contributed by atoms with Crippen LogP contribution in [-0.2, 0) is 14.3 Å². The van der Waals surface area contributed by atoms with Gasteiger partial charge >= 0.3 is 0 Å². The van der Waals surface area contributed by atoms with Crippen LogP contribution in [0.3, 0.4) is 0 Å². The Kier molecular flexibility index (Phi) is 10.7. The highest BCUT2D eigenvalue weighted by atomic mass is 79.9. The molecule has 1 amide bonds. The van der Waals surface area contributed by atoms with E-state index in [-0.39, 0.29) is 23.8 Å². The van der Waals surface area contributed by atoms with Crippen LogP contribution < -0.4 is 5.32 Å². The Bertz CT molecular complexity index is 208. The van der Waals surface area contributed by atoms with Crippen LogP contribution in [0, 0.1) is 0 Å². The van der Waals surface area contributed by atoms with E-state index in [1.165, 1.54) is 0 Å². The van der Waals surface area contributed by atoms with E-state index in [2.05, 4.69) is 26.0 Å². The van der Waals surface area contributed by atoms with Gasteiger partial charge in [0.25, 0.3) is 6.43 Å². The van der Waals surface area contributed by atoms with Gasteiger partial charge in [-0.25, -0.2) is 8.78 Å². The molecule has 0 aliphatic rings. The lowest BCUT2D eigenvalue weighted by atomic mass is 10.3. The van der Waals surface area contributed by atoms with Gasteiger partial charge in [0.1, 0.15) is 6.61 Å². The van der Waals surface area contributed by atoms with Gasteiger partial charge < -0.3 is 14.8 Å². The minimum atomic E-state index is -2.48. The largest absolute Gasteiger partial charge is 0.384 e. The maximum absolute atomic E-state index is 11.7. The van der Waals surface area contributed by atoms with Gasteiger partial charge in [-0.05, 0) is 6.42 Å². The van der Waals surface area contributed by atoms with Crippen molar-refractivity contribution in [1.82, 2.24) is 5.32 Å². The molecule has 0 rings (SSSR count). The normalized spacial score (nSPS) is 12.8. The van der Waals surface area contributed by atoms with Crippen molar-refractivity contribution in [3.05, 3.63) is 0 Å². The van der Waals surface area contributed by atoms with Crippen LogP contribution in [-0.4, -0.2) is 50.6 Å². The van der Waals surface area contributed by atoms with Crippen LogP contribution in [0.25, 0.3) is 0 Å². The second kappa shape index (κ2) is 10.9. The first-order valence-electron chi connectivity index (χ1n) is 5.31. The molecule has 1 N–H and O–H groups in total. The average Bonchev–Trinajstić information content (AvgIpc) is 2.24. The average molecular weight is 318 g/mol. The van der Waals surface area contributed by atoms with E-state index in [0.717, 1.165) is 6.42 Å². The Balaban J connectivity index is 3.34. The predicted molar refractivity (Wildman–Crippen MR) is 63.7 cm³/mol. The molecular weight excluding hydrogens is 300 g/mol. The van der Waals surface area contributed by atoms with Gasteiger partial charge in [-0.1, -0.05) is 15.9 Å². The molecule has 0 saturated heterocycles. The fourth-order valence-electron chi connectivity index (χ4n) is 1.06. The fraction of sp³-hybridized carbons (Fsp3) is 0.900. The third-order valence-electron chi connectivity index (χ3n) is 1.84. The van der Waals surface area contributed by atoms with E-state index in [0.29, 0.717) is 13.2 Å². The highest BCUT2D eigenvalue weighted by molar-refractivity contribution is 9.09. The molecule has 102 valence electrons. The molecule has 4 nitrogen and oxygen atoms in total. The van der Waals surface area contributed by atoms with Gasteiger partial charge in [0.05, 0.1) is 13.2 Å². The summed E-state index contributed by atoms with van der Waals surface area (Å²) in [4.78, 5) is 11.4. The van der Waals surface area contributed by atoms with E-state index in [1.807, 2.05) is 0 Å². The second-order valence-corrected chi connectivity index (χ2v) is 4.70. The van der Waals surface area contributed by atoms with Crippen LogP contribution >= 0.6 is 15.9 Å². The number of carbonyl (C=O) groups excluding carboxylic acids is 1. The number of ether oxygens (including phenoxy) is 2. The summed E-state index contributed by atoms with van der Waals surface area (Å²) in [6.07, 6.45) is -1.64. The Labute approximate surface area is 108 Å². The van der Waals surface area contributed by atoms with Gasteiger partial charge in [-0.3, -0.25) is 4.79 Å². The first-order valence-corrected chi connectivity index (χ1v) is 6.23. The van der Waals surface area contributed by atoms with Crippen LogP contribution in [0.2, 0.25) is 0 Å². The Hall–Kier alpha value is -0.270. The molecular formula is C10H18BrF2NO3. The molecule has 0 saturated carbocycles. The standard InChI is InChI=1S/C10H18BrF2NO3/c1-16-6-8(11)2-4-14-10(15)3-5-17-7-9(12)13/h8-9H,2-7H2,1H3,(H,14,15). The second-order valence-electron chi connectivity index (χ2n) is 3.41. The third kappa shape index (κ3) is 12.0. The van der Waals surface area contributed by atoms with Gasteiger partial charge in [0, 0.05) is 24.9 Å². The molecule has 0 aromatic heterocycles. The molecule has 1 unspecified atom stereocenters. The molecule has 0 aromatic rings. The fourth-order valence-corrected chi connectivity index (χ4v) is 1.55. The summed E-state index contributed by atoms with van der Waals surface area (Å²) in [5.41, 5.74) is 0. The number of methoxy groups -OCH3 is 1. The number of carbonyl (C=O) groups is 1. The SMILES string of the molecule is COCC(Br)CCNC(=O)CCOCC(F)F. The number of alkyl halides is 3. The molecule has 0 aliphatic carbocycles. The first kappa shape index (κ1) is 16.7. The summed E-state index contributed by atoms with van der Waals surface area (Å²) in [7, 11) is 1.60. The number of rotatable bonds is 10. The van der Waals surface area contributed by atoms with Crippen molar-refractivity contribution in [3.8, 4) is 0 Å². The van der Waals surface area contributed by atoms with Crippen LogP contribution in [0.15, 0.2) is 0 Å². The lowest BCUT2D eigenvalue weighted by Crippen LogP contribution is -2.27. The van der Waals surface area contributed by atoms with Crippen molar-refractivity contribution in [2.24, 2.45) is 0 Å². The maximum Gasteiger partial charge on any atom is 0.261 e. The van der Waals surface area contributed by atoms with E-state index < -0.39 is 13.0 Å². The smallest absolute Gasteiger partial charge is 0.261 e. The van der Waals surface area contributed by atoms with Gasteiger partial charge in [0.15, 0.2) is 0 Å². The van der Waals surface area contributed by atoms with E-state index in [4.69, 9.17) is 4.74 Å². The third-order valence-corrected chi connectivity index (χ3v) is 2.57. The number of halogens is 3. The van der Waals surface area contributed by atoms with Gasteiger partial charge in [-0.15, -0.1) is 0 Å². The van der Waals surface area contributed by atoms with Crippen LogP contribution in [0.5, 0.6) is 0 Å². The van der Waals surface area contributed by atoms with Crippen molar-refractivity contribution in [2.75, 3.05) is 33.5 Å².